The lowest BCUT2D eigenvalue weighted by molar-refractivity contribution is -0.164. The van der Waals surface area contributed by atoms with Gasteiger partial charge in [0.25, 0.3) is 5.88 Å². The number of nitrogens with zero attached hydrogens (tertiary/aromatic N) is 5. The van der Waals surface area contributed by atoms with E-state index < -0.39 is 17.9 Å². The molecule has 1 aliphatic carbocycles. The van der Waals surface area contributed by atoms with Crippen molar-refractivity contribution in [2.75, 3.05) is 32.6 Å². The number of nitrogens with one attached hydrogen (secondary N) is 1. The second-order valence-corrected chi connectivity index (χ2v) is 8.08. The van der Waals surface area contributed by atoms with Crippen molar-refractivity contribution < 1.29 is 24.3 Å². The van der Waals surface area contributed by atoms with Crippen LogP contribution in [0, 0.1) is 11.8 Å². The maximum atomic E-state index is 13.5. The summed E-state index contributed by atoms with van der Waals surface area (Å²) in [5.74, 6) is -0.535. The van der Waals surface area contributed by atoms with Crippen molar-refractivity contribution >= 4 is 24.0 Å². The molecule has 3 rings (SSSR count). The van der Waals surface area contributed by atoms with Crippen LogP contribution in [0.5, 0.6) is 5.88 Å². The zero-order valence-corrected chi connectivity index (χ0v) is 17.9. The Bertz CT molecular complexity index is 787. The predicted octanol–water partition coefficient (Wildman–Crippen LogP) is 0.916. The summed E-state index contributed by atoms with van der Waals surface area (Å²) < 4.78 is 5.13. The molecule has 2 aliphatic rings. The molecule has 1 saturated carbocycles. The van der Waals surface area contributed by atoms with Crippen molar-refractivity contribution in [3.63, 3.8) is 0 Å². The van der Waals surface area contributed by atoms with Gasteiger partial charge in [0.05, 0.1) is 19.6 Å². The van der Waals surface area contributed by atoms with Crippen molar-refractivity contribution in [1.82, 2.24) is 25.0 Å². The molecule has 0 radical (unpaired) electrons. The van der Waals surface area contributed by atoms with Crippen molar-refractivity contribution in [2.24, 2.45) is 11.8 Å². The lowest BCUT2D eigenvalue weighted by Crippen LogP contribution is -2.52. The Balaban J connectivity index is 1.76. The molecular weight excluding hydrogens is 404 g/mol. The highest BCUT2D eigenvalue weighted by molar-refractivity contribution is 5.97. The van der Waals surface area contributed by atoms with Crippen LogP contribution in [-0.2, 0) is 14.4 Å². The van der Waals surface area contributed by atoms with E-state index in [1.807, 2.05) is 0 Å². The number of hydrazine groups is 1. The van der Waals surface area contributed by atoms with Gasteiger partial charge in [-0.1, -0.05) is 25.7 Å². The maximum absolute atomic E-state index is 13.5. The highest BCUT2D eigenvalue weighted by Crippen LogP contribution is 2.32. The molecule has 2 fully saturated rings. The van der Waals surface area contributed by atoms with Crippen LogP contribution in [0.2, 0.25) is 0 Å². The lowest BCUT2D eigenvalue weighted by Gasteiger charge is -2.33. The van der Waals surface area contributed by atoms with Gasteiger partial charge >= 0.3 is 0 Å². The number of ether oxygens (including phenoxy) is 1. The molecule has 2 unspecified atom stereocenters. The van der Waals surface area contributed by atoms with Crippen molar-refractivity contribution in [3.8, 4) is 5.88 Å². The zero-order valence-electron chi connectivity index (χ0n) is 17.9. The van der Waals surface area contributed by atoms with Gasteiger partial charge in [-0.2, -0.15) is 0 Å². The molecule has 31 heavy (non-hydrogen) atoms. The van der Waals surface area contributed by atoms with E-state index in [0.29, 0.717) is 36.8 Å². The van der Waals surface area contributed by atoms with Crippen LogP contribution in [0.1, 0.15) is 38.5 Å². The van der Waals surface area contributed by atoms with E-state index in [2.05, 4.69) is 15.3 Å². The fourth-order valence-corrected chi connectivity index (χ4v) is 4.46. The first-order chi connectivity index (χ1) is 14.9. The van der Waals surface area contributed by atoms with Gasteiger partial charge in [0.15, 0.2) is 5.82 Å². The summed E-state index contributed by atoms with van der Waals surface area (Å²) in [5, 5.41) is 16.1. The fourth-order valence-electron chi connectivity index (χ4n) is 4.46. The van der Waals surface area contributed by atoms with Gasteiger partial charge in [0.2, 0.25) is 18.2 Å². The molecule has 3 amide bonds. The second kappa shape index (κ2) is 10.5. The molecule has 1 aliphatic heterocycles. The molecular formula is C20H30N6O5. The first-order valence-corrected chi connectivity index (χ1v) is 10.5. The standard InChI is InChI=1S/C20H30N6O5/c1-24-10-7-16(18(28)23-17-19(31-2)22-9-8-21-17)26(24)20(29)15(12-25(30)13-27)11-14-5-3-4-6-14/h8-9,13-16,30H,3-7,10-12H2,1-2H3,(H,21,23,28). The summed E-state index contributed by atoms with van der Waals surface area (Å²) in [6.07, 6.45) is 8.51. The zero-order chi connectivity index (χ0) is 22.4. The van der Waals surface area contributed by atoms with E-state index in [-0.39, 0.29) is 24.1 Å². The minimum Gasteiger partial charge on any atom is -0.478 e. The van der Waals surface area contributed by atoms with Crippen LogP contribution < -0.4 is 10.1 Å². The highest BCUT2D eigenvalue weighted by atomic mass is 16.5. The second-order valence-electron chi connectivity index (χ2n) is 8.08. The van der Waals surface area contributed by atoms with Crippen LogP contribution >= 0.6 is 0 Å². The number of amides is 3. The van der Waals surface area contributed by atoms with Gasteiger partial charge < -0.3 is 10.1 Å². The Labute approximate surface area is 181 Å². The van der Waals surface area contributed by atoms with Gasteiger partial charge in [-0.25, -0.2) is 20.0 Å². The molecule has 1 aromatic heterocycles. The number of hydroxylamine groups is 2. The van der Waals surface area contributed by atoms with E-state index in [0.717, 1.165) is 25.7 Å². The SMILES string of the molecule is COc1nccnc1NC(=O)C1CCN(C)N1C(=O)C(CC1CCCC1)CN(O)C=O. The van der Waals surface area contributed by atoms with E-state index >= 15 is 0 Å². The number of hydrogen-bond donors (Lipinski definition) is 2. The van der Waals surface area contributed by atoms with Crippen molar-refractivity contribution in [2.45, 2.75) is 44.6 Å². The molecule has 11 nitrogen and oxygen atoms in total. The summed E-state index contributed by atoms with van der Waals surface area (Å²) in [5.41, 5.74) is 0. The summed E-state index contributed by atoms with van der Waals surface area (Å²) in [4.78, 5) is 45.6. The summed E-state index contributed by atoms with van der Waals surface area (Å²) in [7, 11) is 3.18. The average molecular weight is 434 g/mol. The molecule has 2 heterocycles. The Morgan fingerprint density at radius 1 is 1.32 bits per heavy atom. The average Bonchev–Trinajstić information content (AvgIpc) is 3.42. The van der Waals surface area contributed by atoms with Crippen molar-refractivity contribution in [1.29, 1.82) is 0 Å². The third-order valence-corrected chi connectivity index (χ3v) is 5.99. The third-order valence-electron chi connectivity index (χ3n) is 5.99. The molecule has 11 heteroatoms. The summed E-state index contributed by atoms with van der Waals surface area (Å²) in [6.45, 7) is 0.420. The Morgan fingerprint density at radius 2 is 2.03 bits per heavy atom. The van der Waals surface area contributed by atoms with E-state index in [4.69, 9.17) is 4.74 Å². The van der Waals surface area contributed by atoms with Gasteiger partial charge in [0.1, 0.15) is 6.04 Å². The molecule has 0 aromatic carbocycles. The summed E-state index contributed by atoms with van der Waals surface area (Å²) in [6, 6.07) is -0.737. The van der Waals surface area contributed by atoms with Gasteiger partial charge in [-0.15, -0.1) is 0 Å². The molecule has 2 N–H and O–H groups in total. The predicted molar refractivity (Wildman–Crippen MR) is 110 cm³/mol. The fraction of sp³-hybridized carbons (Fsp3) is 0.650. The number of anilines is 1. The Kier molecular flexibility index (Phi) is 7.75. The van der Waals surface area contributed by atoms with Crippen LogP contribution in [-0.4, -0.2) is 81.8 Å². The van der Waals surface area contributed by atoms with Crippen LogP contribution in [0.25, 0.3) is 0 Å². The molecule has 0 spiro atoms. The molecule has 0 bridgehead atoms. The highest BCUT2D eigenvalue weighted by Gasteiger charge is 2.42. The Hall–Kier alpha value is -2.79. The number of methoxy groups -OCH3 is 1. The topological polar surface area (TPSA) is 128 Å². The number of hydrogen-bond acceptors (Lipinski definition) is 8. The minimum atomic E-state index is -0.737. The monoisotopic (exact) mass is 434 g/mol. The first kappa shape index (κ1) is 22.9. The number of carbonyl (C=O) groups excluding carboxylic acids is 3. The number of rotatable bonds is 9. The molecule has 170 valence electrons. The summed E-state index contributed by atoms with van der Waals surface area (Å²) >= 11 is 0. The smallest absolute Gasteiger partial charge is 0.257 e. The Morgan fingerprint density at radius 3 is 2.71 bits per heavy atom. The first-order valence-electron chi connectivity index (χ1n) is 10.5. The van der Waals surface area contributed by atoms with Crippen LogP contribution in [0.3, 0.4) is 0 Å². The molecule has 2 atom stereocenters. The maximum Gasteiger partial charge on any atom is 0.257 e. The van der Waals surface area contributed by atoms with E-state index in [1.165, 1.54) is 24.5 Å². The van der Waals surface area contributed by atoms with E-state index in [9.17, 15) is 19.6 Å². The van der Waals surface area contributed by atoms with Crippen LogP contribution in [0.4, 0.5) is 5.82 Å². The number of aromatic nitrogens is 2. The molecule has 1 saturated heterocycles. The number of carbonyl (C=O) groups is 3. The quantitative estimate of drug-likeness (QED) is 0.334. The largest absolute Gasteiger partial charge is 0.478 e. The van der Waals surface area contributed by atoms with Gasteiger partial charge in [-0.05, 0) is 18.8 Å². The normalized spacial score (nSPS) is 20.5. The third kappa shape index (κ3) is 5.47. The van der Waals surface area contributed by atoms with Crippen LogP contribution in [0.15, 0.2) is 12.4 Å². The van der Waals surface area contributed by atoms with Gasteiger partial charge in [0, 0.05) is 26.0 Å². The van der Waals surface area contributed by atoms with E-state index in [1.54, 1.807) is 12.1 Å². The van der Waals surface area contributed by atoms with Gasteiger partial charge in [-0.3, -0.25) is 24.6 Å². The minimum absolute atomic E-state index is 0.102. The molecule has 1 aromatic rings. The lowest BCUT2D eigenvalue weighted by atomic mass is 9.92. The van der Waals surface area contributed by atoms with Crippen molar-refractivity contribution in [3.05, 3.63) is 12.4 Å².